The van der Waals surface area contributed by atoms with Gasteiger partial charge in [0.25, 0.3) is 5.91 Å². The SMILES string of the molecule is COc1ccc(Cl)cc1NC(=O)C(C)OC(=O)c1ccc(COc2ccccc2)o1. The molecule has 0 saturated carbocycles. The van der Waals surface area contributed by atoms with Gasteiger partial charge in [-0.3, -0.25) is 4.79 Å². The van der Waals surface area contributed by atoms with Gasteiger partial charge in [-0.25, -0.2) is 4.79 Å². The van der Waals surface area contributed by atoms with Crippen LogP contribution in [-0.2, 0) is 16.1 Å². The summed E-state index contributed by atoms with van der Waals surface area (Å²) in [5.74, 6) is 0.234. The number of ether oxygens (including phenoxy) is 3. The third-order valence-electron chi connectivity index (χ3n) is 4.06. The number of rotatable bonds is 8. The van der Waals surface area contributed by atoms with Crippen LogP contribution in [0.15, 0.2) is 65.1 Å². The Bertz CT molecular complexity index is 1020. The first-order valence-electron chi connectivity index (χ1n) is 9.08. The molecule has 0 bridgehead atoms. The topological polar surface area (TPSA) is 87.0 Å². The van der Waals surface area contributed by atoms with Gasteiger partial charge < -0.3 is 23.9 Å². The maximum atomic E-state index is 12.4. The lowest BCUT2D eigenvalue weighted by Gasteiger charge is -2.15. The van der Waals surface area contributed by atoms with Crippen LogP contribution in [0.4, 0.5) is 5.69 Å². The Kier molecular flexibility index (Phi) is 6.98. The van der Waals surface area contributed by atoms with Gasteiger partial charge in [0.1, 0.15) is 23.9 Å². The van der Waals surface area contributed by atoms with Crippen LogP contribution in [0, 0.1) is 0 Å². The van der Waals surface area contributed by atoms with Gasteiger partial charge in [0.2, 0.25) is 5.76 Å². The average Bonchev–Trinajstić information content (AvgIpc) is 3.22. The van der Waals surface area contributed by atoms with Crippen LogP contribution < -0.4 is 14.8 Å². The molecule has 8 heteroatoms. The predicted molar refractivity (Wildman–Crippen MR) is 111 cm³/mol. The number of carbonyl (C=O) groups is 2. The molecule has 0 radical (unpaired) electrons. The molecule has 1 atom stereocenters. The van der Waals surface area contributed by atoms with Crippen molar-refractivity contribution < 1.29 is 28.2 Å². The van der Waals surface area contributed by atoms with Crippen molar-refractivity contribution in [1.29, 1.82) is 0 Å². The van der Waals surface area contributed by atoms with E-state index in [1.807, 2.05) is 30.3 Å². The van der Waals surface area contributed by atoms with Crippen molar-refractivity contribution in [1.82, 2.24) is 0 Å². The molecule has 7 nitrogen and oxygen atoms in total. The molecule has 1 amide bonds. The summed E-state index contributed by atoms with van der Waals surface area (Å²) >= 11 is 5.95. The average molecular weight is 430 g/mol. The normalized spacial score (nSPS) is 11.4. The Morgan fingerprint density at radius 3 is 2.60 bits per heavy atom. The van der Waals surface area contributed by atoms with E-state index in [0.717, 1.165) is 0 Å². The van der Waals surface area contributed by atoms with Crippen molar-refractivity contribution in [2.45, 2.75) is 19.6 Å². The maximum Gasteiger partial charge on any atom is 0.375 e. The van der Waals surface area contributed by atoms with Gasteiger partial charge in [-0.15, -0.1) is 0 Å². The largest absolute Gasteiger partial charge is 0.495 e. The molecule has 1 heterocycles. The van der Waals surface area contributed by atoms with Crippen LogP contribution in [0.3, 0.4) is 0 Å². The van der Waals surface area contributed by atoms with E-state index in [0.29, 0.717) is 28.0 Å². The van der Waals surface area contributed by atoms with Crippen molar-refractivity contribution in [3.63, 3.8) is 0 Å². The van der Waals surface area contributed by atoms with Crippen molar-refractivity contribution in [2.75, 3.05) is 12.4 Å². The minimum absolute atomic E-state index is 0.0263. The number of methoxy groups -OCH3 is 1. The summed E-state index contributed by atoms with van der Waals surface area (Å²) in [6, 6.07) is 17.1. The van der Waals surface area contributed by atoms with E-state index in [2.05, 4.69) is 5.32 Å². The number of carbonyl (C=O) groups excluding carboxylic acids is 2. The number of benzene rings is 2. The fourth-order valence-electron chi connectivity index (χ4n) is 2.52. The van der Waals surface area contributed by atoms with E-state index in [-0.39, 0.29) is 12.4 Å². The molecular weight excluding hydrogens is 410 g/mol. The number of para-hydroxylation sites is 1. The molecule has 1 N–H and O–H groups in total. The molecule has 0 aliphatic heterocycles. The first-order chi connectivity index (χ1) is 14.5. The van der Waals surface area contributed by atoms with E-state index >= 15 is 0 Å². The Balaban J connectivity index is 1.56. The van der Waals surface area contributed by atoms with Crippen LogP contribution in [0.25, 0.3) is 0 Å². The zero-order chi connectivity index (χ0) is 21.5. The van der Waals surface area contributed by atoms with E-state index in [1.165, 1.54) is 20.1 Å². The van der Waals surface area contributed by atoms with Crippen LogP contribution in [0.1, 0.15) is 23.2 Å². The molecule has 0 aliphatic rings. The zero-order valence-electron chi connectivity index (χ0n) is 16.4. The third-order valence-corrected chi connectivity index (χ3v) is 4.29. The fraction of sp³-hybridized carbons (Fsp3) is 0.182. The smallest absolute Gasteiger partial charge is 0.375 e. The van der Waals surface area contributed by atoms with Gasteiger partial charge in [0.15, 0.2) is 6.10 Å². The second-order valence-corrected chi connectivity index (χ2v) is 6.69. The summed E-state index contributed by atoms with van der Waals surface area (Å²) in [4.78, 5) is 24.7. The van der Waals surface area contributed by atoms with E-state index in [1.54, 1.807) is 24.3 Å². The highest BCUT2D eigenvalue weighted by molar-refractivity contribution is 6.31. The molecule has 3 rings (SSSR count). The highest BCUT2D eigenvalue weighted by Gasteiger charge is 2.22. The number of hydrogen-bond donors (Lipinski definition) is 1. The van der Waals surface area contributed by atoms with Gasteiger partial charge in [0, 0.05) is 5.02 Å². The van der Waals surface area contributed by atoms with Crippen LogP contribution in [0.2, 0.25) is 5.02 Å². The summed E-state index contributed by atoms with van der Waals surface area (Å²) in [6.07, 6.45) is -1.07. The summed E-state index contributed by atoms with van der Waals surface area (Å²) in [6.45, 7) is 1.61. The van der Waals surface area contributed by atoms with E-state index in [9.17, 15) is 9.59 Å². The number of nitrogens with one attached hydrogen (secondary N) is 1. The number of esters is 1. The van der Waals surface area contributed by atoms with Crippen LogP contribution >= 0.6 is 11.6 Å². The molecule has 30 heavy (non-hydrogen) atoms. The lowest BCUT2D eigenvalue weighted by Crippen LogP contribution is -2.30. The fourth-order valence-corrected chi connectivity index (χ4v) is 2.69. The van der Waals surface area contributed by atoms with Gasteiger partial charge in [-0.05, 0) is 49.4 Å². The quantitative estimate of drug-likeness (QED) is 0.522. The molecule has 0 fully saturated rings. The highest BCUT2D eigenvalue weighted by Crippen LogP contribution is 2.28. The standard InChI is InChI=1S/C22H20ClNO6/c1-14(21(25)24-18-12-15(23)8-10-19(18)27-2)29-22(26)20-11-9-17(30-20)13-28-16-6-4-3-5-7-16/h3-12,14H,13H2,1-2H3,(H,24,25). The number of furan rings is 1. The van der Waals surface area contributed by atoms with E-state index in [4.69, 9.17) is 30.2 Å². The first kappa shape index (κ1) is 21.3. The third kappa shape index (κ3) is 5.55. The Labute approximate surface area is 178 Å². The minimum Gasteiger partial charge on any atom is -0.495 e. The molecule has 1 unspecified atom stereocenters. The van der Waals surface area contributed by atoms with Crippen molar-refractivity contribution >= 4 is 29.2 Å². The summed E-state index contributed by atoms with van der Waals surface area (Å²) in [7, 11) is 1.47. The number of hydrogen-bond acceptors (Lipinski definition) is 6. The van der Waals surface area contributed by atoms with Crippen molar-refractivity contribution in [3.8, 4) is 11.5 Å². The van der Waals surface area contributed by atoms with Gasteiger partial charge in [-0.1, -0.05) is 29.8 Å². The monoisotopic (exact) mass is 429 g/mol. The molecule has 0 aliphatic carbocycles. The Morgan fingerprint density at radius 1 is 1.10 bits per heavy atom. The molecular formula is C22H20ClNO6. The molecule has 156 valence electrons. The first-order valence-corrected chi connectivity index (χ1v) is 9.46. The van der Waals surface area contributed by atoms with E-state index < -0.39 is 18.0 Å². The summed E-state index contributed by atoms with van der Waals surface area (Å²) in [5, 5.41) is 3.05. The second-order valence-electron chi connectivity index (χ2n) is 6.25. The molecule has 1 aromatic heterocycles. The number of anilines is 1. The molecule has 2 aromatic carbocycles. The Morgan fingerprint density at radius 2 is 1.87 bits per heavy atom. The Hall–Kier alpha value is -3.45. The van der Waals surface area contributed by atoms with Gasteiger partial charge in [0.05, 0.1) is 12.8 Å². The van der Waals surface area contributed by atoms with Crippen LogP contribution in [-0.4, -0.2) is 25.1 Å². The van der Waals surface area contributed by atoms with Gasteiger partial charge in [-0.2, -0.15) is 0 Å². The molecule has 0 saturated heterocycles. The van der Waals surface area contributed by atoms with Crippen LogP contribution in [0.5, 0.6) is 11.5 Å². The van der Waals surface area contributed by atoms with Crippen molar-refractivity contribution in [2.24, 2.45) is 0 Å². The lowest BCUT2D eigenvalue weighted by atomic mass is 10.2. The summed E-state index contributed by atoms with van der Waals surface area (Å²) < 4.78 is 21.4. The maximum absolute atomic E-state index is 12.4. The molecule has 0 spiro atoms. The highest BCUT2D eigenvalue weighted by atomic mass is 35.5. The zero-order valence-corrected chi connectivity index (χ0v) is 17.1. The van der Waals surface area contributed by atoms with Gasteiger partial charge >= 0.3 is 5.97 Å². The van der Waals surface area contributed by atoms with Crippen molar-refractivity contribution in [3.05, 3.63) is 77.2 Å². The minimum atomic E-state index is -1.07. The number of amides is 1. The molecule has 3 aromatic rings. The number of halogens is 1. The predicted octanol–water partition coefficient (Wildman–Crippen LogP) is 4.70. The summed E-state index contributed by atoms with van der Waals surface area (Å²) in [5.41, 5.74) is 0.372. The second kappa shape index (κ2) is 9.84. The lowest BCUT2D eigenvalue weighted by molar-refractivity contribution is -0.123.